The number of anilines is 3. The first-order chi connectivity index (χ1) is 26.5. The van der Waals surface area contributed by atoms with Crippen LogP contribution in [0.15, 0.2) is 163 Å². The fraction of sp³-hybridized carbons (Fsp3) is 0.0816. The van der Waals surface area contributed by atoms with E-state index in [2.05, 4.69) is 187 Å². The molecule has 0 spiro atoms. The maximum Gasteiger partial charge on any atom is 0.215 e. The topological polar surface area (TPSA) is 37.0 Å². The number of nitrogens with zero attached hydrogens (tertiary/aromatic N) is 4. The minimum atomic E-state index is 0.0308. The maximum atomic E-state index is 6.43. The minimum absolute atomic E-state index is 0.0308. The molecule has 9 aromatic rings. The van der Waals surface area contributed by atoms with Gasteiger partial charge in [0.1, 0.15) is 24.0 Å². The van der Waals surface area contributed by atoms with Crippen molar-refractivity contribution in [1.29, 1.82) is 0 Å². The summed E-state index contributed by atoms with van der Waals surface area (Å²) in [6.45, 7) is 4.35. The van der Waals surface area contributed by atoms with Crippen LogP contribution in [0.3, 0.4) is 0 Å². The molecule has 5 heteroatoms. The summed E-state index contributed by atoms with van der Waals surface area (Å²) in [4.78, 5) is 7.46. The van der Waals surface area contributed by atoms with Gasteiger partial charge in [-0.15, -0.1) is 0 Å². The zero-order valence-corrected chi connectivity index (χ0v) is 30.3. The zero-order valence-electron chi connectivity index (χ0n) is 30.3. The van der Waals surface area contributed by atoms with Gasteiger partial charge >= 0.3 is 0 Å². The highest BCUT2D eigenvalue weighted by Crippen LogP contribution is 2.55. The summed E-state index contributed by atoms with van der Waals surface area (Å²) in [6, 6.07) is 50.4. The first-order valence-electron chi connectivity index (χ1n) is 18.5. The Morgan fingerprint density at radius 2 is 1.24 bits per heavy atom. The molecule has 6 heterocycles. The van der Waals surface area contributed by atoms with Gasteiger partial charge in [-0.25, -0.2) is 9.55 Å². The summed E-state index contributed by atoms with van der Waals surface area (Å²) in [5.41, 5.74) is 18.7. The van der Waals surface area contributed by atoms with Gasteiger partial charge in [-0.05, 0) is 120 Å². The normalized spacial score (nSPS) is 14.0. The third-order valence-electron chi connectivity index (χ3n) is 11.5. The van der Waals surface area contributed by atoms with Gasteiger partial charge in [-0.3, -0.25) is 4.90 Å². The number of benzene rings is 5. The Balaban J connectivity index is 1.10. The van der Waals surface area contributed by atoms with E-state index in [4.69, 9.17) is 9.40 Å². The van der Waals surface area contributed by atoms with Crippen LogP contribution >= 0.6 is 0 Å². The highest BCUT2D eigenvalue weighted by atomic mass is 16.3. The number of pyridine rings is 3. The van der Waals surface area contributed by atoms with Crippen LogP contribution in [0.1, 0.15) is 28.3 Å². The smallest absolute Gasteiger partial charge is 0.215 e. The Labute approximate surface area is 313 Å². The van der Waals surface area contributed by atoms with Crippen LogP contribution < -0.4 is 14.0 Å². The van der Waals surface area contributed by atoms with E-state index in [-0.39, 0.29) is 6.04 Å². The Bertz CT molecular complexity index is 3010. The summed E-state index contributed by atoms with van der Waals surface area (Å²) in [7, 11) is 2.13. The lowest BCUT2D eigenvalue weighted by molar-refractivity contribution is -0.688. The van der Waals surface area contributed by atoms with Crippen LogP contribution in [0.2, 0.25) is 0 Å². The van der Waals surface area contributed by atoms with Gasteiger partial charge in [0, 0.05) is 41.2 Å². The second kappa shape index (κ2) is 11.6. The third kappa shape index (κ3) is 4.42. The second-order valence-corrected chi connectivity index (χ2v) is 14.6. The molecule has 0 radical (unpaired) electrons. The zero-order chi connectivity index (χ0) is 36.1. The molecule has 0 aliphatic carbocycles. The van der Waals surface area contributed by atoms with Gasteiger partial charge in [-0.1, -0.05) is 42.5 Å². The van der Waals surface area contributed by atoms with Crippen LogP contribution in [0.5, 0.6) is 0 Å². The first kappa shape index (κ1) is 30.7. The van der Waals surface area contributed by atoms with E-state index in [9.17, 15) is 0 Å². The highest BCUT2D eigenvalue weighted by Gasteiger charge is 2.47. The number of hydrogen-bond donors (Lipinski definition) is 0. The molecule has 1 unspecified atom stereocenters. The molecular weight excluding hydrogens is 661 g/mol. The number of hydrogen-bond acceptors (Lipinski definition) is 3. The average molecular weight is 697 g/mol. The fourth-order valence-corrected chi connectivity index (χ4v) is 9.02. The molecule has 5 aromatic carbocycles. The Kier molecular flexibility index (Phi) is 6.59. The first-order valence-corrected chi connectivity index (χ1v) is 18.5. The summed E-state index contributed by atoms with van der Waals surface area (Å²) in [6.07, 6.45) is 6.30. The van der Waals surface area contributed by atoms with Crippen LogP contribution in [-0.2, 0) is 7.05 Å². The van der Waals surface area contributed by atoms with E-state index in [1.54, 1.807) is 0 Å². The molecule has 1 atom stereocenters. The van der Waals surface area contributed by atoms with Gasteiger partial charge in [-0.2, -0.15) is 4.57 Å². The van der Waals surface area contributed by atoms with Crippen molar-refractivity contribution in [3.8, 4) is 44.8 Å². The summed E-state index contributed by atoms with van der Waals surface area (Å²) in [5, 5.41) is 2.23. The van der Waals surface area contributed by atoms with E-state index in [0.29, 0.717) is 0 Å². The van der Waals surface area contributed by atoms with Crippen molar-refractivity contribution in [3.05, 3.63) is 180 Å². The molecular formula is C49H36N4O+2. The number of aromatic nitrogens is 3. The van der Waals surface area contributed by atoms with Crippen molar-refractivity contribution in [2.24, 2.45) is 7.05 Å². The molecule has 0 bridgehead atoms. The molecule has 4 aromatic heterocycles. The number of furan rings is 1. The van der Waals surface area contributed by atoms with Crippen LogP contribution in [0.25, 0.3) is 66.7 Å². The van der Waals surface area contributed by atoms with E-state index in [0.717, 1.165) is 50.3 Å². The van der Waals surface area contributed by atoms with E-state index in [1.807, 2.05) is 6.20 Å². The van der Waals surface area contributed by atoms with Crippen LogP contribution in [0, 0.1) is 13.8 Å². The highest BCUT2D eigenvalue weighted by molar-refractivity contribution is 6.08. The van der Waals surface area contributed by atoms with Gasteiger partial charge in [0.2, 0.25) is 17.4 Å². The molecule has 0 amide bonds. The van der Waals surface area contributed by atoms with E-state index in [1.165, 1.54) is 55.9 Å². The van der Waals surface area contributed by atoms with Gasteiger partial charge in [0.25, 0.3) is 0 Å². The molecule has 0 saturated heterocycles. The summed E-state index contributed by atoms with van der Waals surface area (Å²) >= 11 is 0. The predicted molar refractivity (Wildman–Crippen MR) is 216 cm³/mol. The molecule has 54 heavy (non-hydrogen) atoms. The van der Waals surface area contributed by atoms with Crippen molar-refractivity contribution < 1.29 is 13.6 Å². The average Bonchev–Trinajstić information content (AvgIpc) is 3.73. The lowest BCUT2D eigenvalue weighted by Crippen LogP contribution is -2.41. The number of aryl methyl sites for hydroxylation is 3. The van der Waals surface area contributed by atoms with Crippen molar-refractivity contribution in [2.45, 2.75) is 19.9 Å². The maximum absolute atomic E-state index is 6.43. The van der Waals surface area contributed by atoms with Crippen LogP contribution in [-0.4, -0.2) is 4.98 Å². The molecule has 2 aliphatic heterocycles. The summed E-state index contributed by atoms with van der Waals surface area (Å²) in [5.74, 6) is 0.880. The monoisotopic (exact) mass is 696 g/mol. The van der Waals surface area contributed by atoms with Gasteiger partial charge in [0.15, 0.2) is 12.4 Å². The Morgan fingerprint density at radius 1 is 0.556 bits per heavy atom. The van der Waals surface area contributed by atoms with E-state index >= 15 is 0 Å². The van der Waals surface area contributed by atoms with Gasteiger partial charge < -0.3 is 4.42 Å². The molecule has 2 aliphatic rings. The van der Waals surface area contributed by atoms with E-state index < -0.39 is 0 Å². The van der Waals surface area contributed by atoms with Crippen molar-refractivity contribution in [3.63, 3.8) is 0 Å². The largest absolute Gasteiger partial charge is 0.456 e. The molecule has 0 fully saturated rings. The number of rotatable bonds is 4. The second-order valence-electron chi connectivity index (χ2n) is 14.6. The van der Waals surface area contributed by atoms with Crippen molar-refractivity contribution in [1.82, 2.24) is 4.98 Å². The Morgan fingerprint density at radius 3 is 2.04 bits per heavy atom. The molecule has 5 nitrogen and oxygen atoms in total. The SMILES string of the molecule is Cc1ccccc1-c1cc2c(cc1C)oc1ccc(-c3ccnc(N4c5cccc(-c6cccc[n+]6C)c5C5c6c(cccc64)-c4cccc[n+]45)c3)cc12. The van der Waals surface area contributed by atoms with Crippen molar-refractivity contribution in [2.75, 3.05) is 4.90 Å². The van der Waals surface area contributed by atoms with Gasteiger partial charge in [0.05, 0.1) is 33.6 Å². The fourth-order valence-electron chi connectivity index (χ4n) is 9.02. The third-order valence-corrected chi connectivity index (χ3v) is 11.5. The lowest BCUT2D eigenvalue weighted by atomic mass is 9.85. The quantitative estimate of drug-likeness (QED) is 0.172. The minimum Gasteiger partial charge on any atom is -0.456 e. The Hall–Kier alpha value is -6.85. The molecule has 0 saturated carbocycles. The molecule has 0 N–H and O–H groups in total. The summed E-state index contributed by atoms with van der Waals surface area (Å²) < 4.78 is 11.1. The standard InChI is InChI=1S/C49H36N4O/c1-30-12-4-5-13-34(30)37-29-39-38-27-32(20-21-44(38)54-45(39)26-31(37)2)33-22-23-50-46(28-33)53-42-18-10-14-35(40-16-6-8-24-51(40)3)47(42)49-48-36(15-11-19-43(48)53)41-17-7-9-25-52(41)49/h4-29,49H,1-3H3/q+2. The molecule has 256 valence electrons. The molecule has 11 rings (SSSR count). The lowest BCUT2D eigenvalue weighted by Gasteiger charge is -2.34. The van der Waals surface area contributed by atoms with Crippen LogP contribution in [0.4, 0.5) is 17.2 Å². The predicted octanol–water partition coefficient (Wildman–Crippen LogP) is 11.1. The number of fused-ring (bicyclic) bond motifs is 8. The van der Waals surface area contributed by atoms with Crippen molar-refractivity contribution >= 4 is 39.1 Å².